The molecule has 2 fully saturated rings. The zero-order chi connectivity index (χ0) is 6.48. The molecule has 2 saturated heterocycles. The monoisotopic (exact) mass is 131 g/mol. The maximum absolute atomic E-state index is 5.48. The van der Waals surface area contributed by atoms with Gasteiger partial charge in [0.15, 0.2) is 12.1 Å². The van der Waals surface area contributed by atoms with Crippen molar-refractivity contribution in [2.45, 2.75) is 18.3 Å². The molecule has 2 heterocycles. The smallest absolute Gasteiger partial charge is 0.198 e. The van der Waals surface area contributed by atoms with Gasteiger partial charge in [-0.3, -0.25) is 5.73 Å². The van der Waals surface area contributed by atoms with Gasteiger partial charge >= 0.3 is 0 Å². The Morgan fingerprint density at radius 3 is 2.56 bits per heavy atom. The lowest BCUT2D eigenvalue weighted by atomic mass is 10.5. The molecule has 3 atom stereocenters. The Balaban J connectivity index is 1.79. The molecule has 3 unspecified atom stereocenters. The molecule has 2 aliphatic heterocycles. The van der Waals surface area contributed by atoms with E-state index in [1.54, 1.807) is 0 Å². The van der Waals surface area contributed by atoms with E-state index in [9.17, 15) is 0 Å². The number of rotatable bonds is 2. The van der Waals surface area contributed by atoms with Gasteiger partial charge in [-0.05, 0) is 0 Å². The maximum atomic E-state index is 5.48. The maximum Gasteiger partial charge on any atom is 0.198 e. The summed E-state index contributed by atoms with van der Waals surface area (Å²) in [6, 6.07) is 0. The second kappa shape index (κ2) is 1.44. The molecule has 5 N–H and O–H groups in total. The molecular formula is C4H9N3O2. The lowest BCUT2D eigenvalue weighted by Crippen LogP contribution is -2.44. The van der Waals surface area contributed by atoms with Gasteiger partial charge in [-0.1, -0.05) is 0 Å². The highest BCUT2D eigenvalue weighted by atomic mass is 16.7. The van der Waals surface area contributed by atoms with Gasteiger partial charge in [0.25, 0.3) is 0 Å². The summed E-state index contributed by atoms with van der Waals surface area (Å²) in [6.07, 6.45) is -0.299. The van der Waals surface area contributed by atoms with Gasteiger partial charge in [-0.25, -0.2) is 5.32 Å². The Morgan fingerprint density at radius 1 is 1.67 bits per heavy atom. The number of nitrogens with one attached hydrogen (secondary N) is 1. The van der Waals surface area contributed by atoms with Crippen LogP contribution in [0.2, 0.25) is 0 Å². The third kappa shape index (κ3) is 1.05. The molecule has 2 rings (SSSR count). The van der Waals surface area contributed by atoms with Crippen molar-refractivity contribution in [1.82, 2.24) is 5.32 Å². The number of hydrogen-bond donors (Lipinski definition) is 3. The third-order valence-corrected chi connectivity index (χ3v) is 1.37. The number of epoxide rings is 2. The average Bonchev–Trinajstić information content (AvgIpc) is 2.58. The average molecular weight is 131 g/mol. The fourth-order valence-electron chi connectivity index (χ4n) is 0.642. The predicted octanol–water partition coefficient (Wildman–Crippen LogP) is -2.14. The normalized spacial score (nSPS) is 55.3. The first-order valence-electron chi connectivity index (χ1n) is 2.81. The van der Waals surface area contributed by atoms with Gasteiger partial charge in [0.2, 0.25) is 0 Å². The zero-order valence-corrected chi connectivity index (χ0v) is 4.83. The molecule has 0 aromatic rings. The van der Waals surface area contributed by atoms with Crippen LogP contribution in [0.5, 0.6) is 0 Å². The van der Waals surface area contributed by atoms with E-state index in [1.807, 2.05) is 0 Å². The van der Waals surface area contributed by atoms with E-state index in [0.29, 0.717) is 6.61 Å². The summed E-state index contributed by atoms with van der Waals surface area (Å²) in [5, 5.41) is 2.86. The van der Waals surface area contributed by atoms with E-state index in [-0.39, 0.29) is 12.5 Å². The summed E-state index contributed by atoms with van der Waals surface area (Å²) in [4.78, 5) is 0. The van der Waals surface area contributed by atoms with E-state index in [4.69, 9.17) is 20.9 Å². The zero-order valence-electron chi connectivity index (χ0n) is 4.83. The fraction of sp³-hybridized carbons (Fsp3) is 1.00. The quantitative estimate of drug-likeness (QED) is 0.294. The van der Waals surface area contributed by atoms with Crippen LogP contribution in [0.25, 0.3) is 0 Å². The number of ether oxygens (including phenoxy) is 2. The molecule has 0 spiro atoms. The van der Waals surface area contributed by atoms with Crippen molar-refractivity contribution in [3.63, 3.8) is 0 Å². The van der Waals surface area contributed by atoms with Crippen molar-refractivity contribution >= 4 is 0 Å². The molecule has 0 saturated carbocycles. The summed E-state index contributed by atoms with van der Waals surface area (Å²) in [5.74, 6) is -0.640. The summed E-state index contributed by atoms with van der Waals surface area (Å²) in [5.41, 5.74) is 10.8. The highest BCUT2D eigenvalue weighted by Crippen LogP contribution is 2.22. The molecule has 0 aromatic heterocycles. The highest BCUT2D eigenvalue weighted by Gasteiger charge is 2.48. The van der Waals surface area contributed by atoms with E-state index in [2.05, 4.69) is 5.32 Å². The number of hydrogen-bond acceptors (Lipinski definition) is 5. The molecule has 9 heavy (non-hydrogen) atoms. The molecular weight excluding hydrogens is 122 g/mol. The first-order chi connectivity index (χ1) is 4.20. The van der Waals surface area contributed by atoms with Crippen LogP contribution >= 0.6 is 0 Å². The van der Waals surface area contributed by atoms with Gasteiger partial charge in [0.05, 0.1) is 0 Å². The van der Waals surface area contributed by atoms with Crippen molar-refractivity contribution in [3.8, 4) is 0 Å². The molecule has 0 bridgehead atoms. The Bertz CT molecular complexity index is 136. The van der Waals surface area contributed by atoms with Crippen LogP contribution in [0, 0.1) is 0 Å². The van der Waals surface area contributed by atoms with Gasteiger partial charge in [0.1, 0.15) is 12.8 Å². The van der Waals surface area contributed by atoms with Crippen LogP contribution in [0.3, 0.4) is 0 Å². The molecule has 5 nitrogen and oxygen atoms in total. The minimum Gasteiger partial charge on any atom is -0.339 e. The Labute approximate surface area is 52.3 Å². The second-order valence-corrected chi connectivity index (χ2v) is 2.34. The van der Waals surface area contributed by atoms with Crippen LogP contribution < -0.4 is 16.8 Å². The number of nitrogens with two attached hydrogens (primary N) is 2. The molecule has 52 valence electrons. The van der Waals surface area contributed by atoms with Crippen LogP contribution in [0.15, 0.2) is 0 Å². The Kier molecular flexibility index (Phi) is 0.895. The summed E-state index contributed by atoms with van der Waals surface area (Å²) in [6.45, 7) is 0.541. The van der Waals surface area contributed by atoms with E-state index >= 15 is 0 Å². The molecule has 2 aliphatic rings. The molecule has 5 heteroatoms. The topological polar surface area (TPSA) is 89.1 Å². The van der Waals surface area contributed by atoms with Crippen LogP contribution in [0.1, 0.15) is 0 Å². The minimum atomic E-state index is -0.640. The van der Waals surface area contributed by atoms with Crippen LogP contribution in [0.4, 0.5) is 0 Å². The van der Waals surface area contributed by atoms with Crippen molar-refractivity contribution in [2.24, 2.45) is 11.5 Å². The Morgan fingerprint density at radius 2 is 2.22 bits per heavy atom. The van der Waals surface area contributed by atoms with E-state index in [0.717, 1.165) is 0 Å². The SMILES string of the molecule is NC1OC1NC1(N)CO1. The van der Waals surface area contributed by atoms with Crippen molar-refractivity contribution in [2.75, 3.05) is 6.61 Å². The summed E-state index contributed by atoms with van der Waals surface area (Å²) >= 11 is 0. The van der Waals surface area contributed by atoms with Crippen LogP contribution in [-0.4, -0.2) is 24.9 Å². The third-order valence-electron chi connectivity index (χ3n) is 1.37. The van der Waals surface area contributed by atoms with Gasteiger partial charge in [-0.15, -0.1) is 0 Å². The standard InChI is InChI=1S/C4H9N3O2/c5-2-3(9-2)7-4(6)1-8-4/h2-3,7H,1,5-6H2. The van der Waals surface area contributed by atoms with Gasteiger partial charge < -0.3 is 15.2 Å². The summed E-state index contributed by atoms with van der Waals surface area (Å²) in [7, 11) is 0. The molecule has 0 aromatic carbocycles. The van der Waals surface area contributed by atoms with E-state index in [1.165, 1.54) is 0 Å². The minimum absolute atomic E-state index is 0.0995. The highest BCUT2D eigenvalue weighted by molar-refractivity contribution is 4.89. The van der Waals surface area contributed by atoms with Gasteiger partial charge in [-0.2, -0.15) is 0 Å². The molecule has 0 radical (unpaired) electrons. The van der Waals surface area contributed by atoms with Crippen molar-refractivity contribution in [1.29, 1.82) is 0 Å². The van der Waals surface area contributed by atoms with E-state index < -0.39 is 5.85 Å². The lowest BCUT2D eigenvalue weighted by molar-refractivity contribution is 0.224. The second-order valence-electron chi connectivity index (χ2n) is 2.34. The largest absolute Gasteiger partial charge is 0.339 e. The first kappa shape index (κ1) is 5.57. The predicted molar refractivity (Wildman–Crippen MR) is 28.9 cm³/mol. The lowest BCUT2D eigenvalue weighted by Gasteiger charge is -2.02. The van der Waals surface area contributed by atoms with Crippen molar-refractivity contribution in [3.05, 3.63) is 0 Å². The summed E-state index contributed by atoms with van der Waals surface area (Å²) < 4.78 is 9.67. The fourth-order valence-corrected chi connectivity index (χ4v) is 0.642. The van der Waals surface area contributed by atoms with Crippen LogP contribution in [-0.2, 0) is 9.47 Å². The van der Waals surface area contributed by atoms with Crippen molar-refractivity contribution < 1.29 is 9.47 Å². The Hall–Kier alpha value is -0.200. The molecule has 0 aliphatic carbocycles. The first-order valence-corrected chi connectivity index (χ1v) is 2.81. The van der Waals surface area contributed by atoms with Gasteiger partial charge in [0, 0.05) is 0 Å². The molecule has 0 amide bonds.